The van der Waals surface area contributed by atoms with Gasteiger partial charge in [-0.1, -0.05) is 29.8 Å². The van der Waals surface area contributed by atoms with Crippen LogP contribution >= 0.6 is 35.3 Å². The summed E-state index contributed by atoms with van der Waals surface area (Å²) < 4.78 is 11.1. The molecule has 6 nitrogen and oxygen atoms in total. The van der Waals surface area contributed by atoms with Crippen LogP contribution < -0.4 is 10.6 Å². The van der Waals surface area contributed by atoms with E-state index in [-0.39, 0.29) is 24.0 Å². The molecule has 0 aliphatic carbocycles. The molecule has 3 rings (SSSR count). The molecule has 1 aliphatic heterocycles. The maximum atomic E-state index is 5.73. The van der Waals surface area contributed by atoms with Gasteiger partial charge in [-0.25, -0.2) is 4.98 Å². The van der Waals surface area contributed by atoms with Crippen molar-refractivity contribution in [2.75, 3.05) is 46.6 Å². The minimum Gasteiger partial charge on any atom is -0.381 e. The molecule has 8 heteroatoms. The van der Waals surface area contributed by atoms with Gasteiger partial charge in [-0.2, -0.15) is 0 Å². The average molecular weight is 545 g/mol. The van der Waals surface area contributed by atoms with Crippen molar-refractivity contribution >= 4 is 41.3 Å². The van der Waals surface area contributed by atoms with E-state index in [2.05, 4.69) is 52.2 Å². The largest absolute Gasteiger partial charge is 0.381 e. The maximum Gasteiger partial charge on any atom is 0.190 e. The molecule has 0 saturated carbocycles. The second-order valence-corrected chi connectivity index (χ2v) is 8.20. The molecule has 2 heterocycles. The summed E-state index contributed by atoms with van der Waals surface area (Å²) in [7, 11) is 1.80. The molecule has 166 valence electrons. The first-order chi connectivity index (χ1) is 14.2. The van der Waals surface area contributed by atoms with Crippen molar-refractivity contribution in [2.24, 2.45) is 10.9 Å². The van der Waals surface area contributed by atoms with Gasteiger partial charge >= 0.3 is 0 Å². The first kappa shape index (κ1) is 25.0. The van der Waals surface area contributed by atoms with Crippen molar-refractivity contribution in [3.05, 3.63) is 40.9 Å². The van der Waals surface area contributed by atoms with Gasteiger partial charge in [0.2, 0.25) is 0 Å². The Balaban J connectivity index is 0.00000320. The summed E-state index contributed by atoms with van der Waals surface area (Å²) in [6.45, 7) is 7.05. The highest BCUT2D eigenvalue weighted by molar-refractivity contribution is 14.0. The Hall–Kier alpha value is -1.23. The molecule has 0 amide bonds. The van der Waals surface area contributed by atoms with E-state index in [1.807, 2.05) is 0 Å². The Morgan fingerprint density at radius 1 is 1.27 bits per heavy atom. The highest BCUT2D eigenvalue weighted by atomic mass is 127. The summed E-state index contributed by atoms with van der Waals surface area (Å²) in [5.74, 6) is 1.40. The van der Waals surface area contributed by atoms with Crippen LogP contribution in [0.15, 0.2) is 34.6 Å². The van der Waals surface area contributed by atoms with E-state index >= 15 is 0 Å². The fraction of sp³-hybridized carbons (Fsp3) is 0.545. The number of aromatic nitrogens is 1. The predicted octanol–water partition coefficient (Wildman–Crippen LogP) is 3.89. The summed E-state index contributed by atoms with van der Waals surface area (Å²) in [5, 5.41) is 9.91. The van der Waals surface area contributed by atoms with Crippen LogP contribution in [-0.4, -0.2) is 57.5 Å². The number of rotatable bonds is 10. The van der Waals surface area contributed by atoms with Crippen LogP contribution in [0.2, 0.25) is 0 Å². The maximum absolute atomic E-state index is 5.73. The average Bonchev–Trinajstić information content (AvgIpc) is 3.42. The van der Waals surface area contributed by atoms with Gasteiger partial charge in [0, 0.05) is 56.6 Å². The number of halogens is 1. The van der Waals surface area contributed by atoms with Gasteiger partial charge in [-0.3, -0.25) is 4.99 Å². The lowest BCUT2D eigenvalue weighted by Gasteiger charge is -2.12. The Bertz CT molecular complexity index is 761. The minimum atomic E-state index is 0. The van der Waals surface area contributed by atoms with Gasteiger partial charge in [0.1, 0.15) is 5.01 Å². The Morgan fingerprint density at radius 2 is 2.07 bits per heavy atom. The zero-order valence-electron chi connectivity index (χ0n) is 17.9. The van der Waals surface area contributed by atoms with Crippen LogP contribution in [-0.2, 0) is 15.9 Å². The van der Waals surface area contributed by atoms with E-state index < -0.39 is 0 Å². The zero-order chi connectivity index (χ0) is 20.3. The number of aryl methyl sites for hydroxylation is 1. The molecule has 1 aliphatic rings. The minimum absolute atomic E-state index is 0. The first-order valence-corrected chi connectivity index (χ1v) is 11.2. The zero-order valence-corrected chi connectivity index (χ0v) is 21.0. The van der Waals surface area contributed by atoms with Crippen LogP contribution in [0.25, 0.3) is 10.6 Å². The van der Waals surface area contributed by atoms with Gasteiger partial charge in [-0.15, -0.1) is 35.3 Å². The normalized spacial score (nSPS) is 16.3. The van der Waals surface area contributed by atoms with E-state index in [0.29, 0.717) is 5.92 Å². The van der Waals surface area contributed by atoms with Crippen molar-refractivity contribution in [1.82, 2.24) is 15.6 Å². The number of hydrogen-bond acceptors (Lipinski definition) is 5. The Labute approximate surface area is 200 Å². The van der Waals surface area contributed by atoms with Crippen molar-refractivity contribution in [3.63, 3.8) is 0 Å². The van der Waals surface area contributed by atoms with Crippen molar-refractivity contribution in [3.8, 4) is 10.6 Å². The smallest absolute Gasteiger partial charge is 0.190 e. The van der Waals surface area contributed by atoms with Crippen LogP contribution in [0.3, 0.4) is 0 Å². The fourth-order valence-electron chi connectivity index (χ4n) is 3.13. The third-order valence-corrected chi connectivity index (χ3v) is 5.82. The van der Waals surface area contributed by atoms with Crippen LogP contribution in [0.4, 0.5) is 0 Å². The highest BCUT2D eigenvalue weighted by Gasteiger charge is 2.15. The molecule has 0 radical (unpaired) electrons. The lowest BCUT2D eigenvalue weighted by atomic mass is 10.1. The van der Waals surface area contributed by atoms with Crippen LogP contribution in [0.1, 0.15) is 24.1 Å². The molecule has 1 unspecified atom stereocenters. The quantitative estimate of drug-likeness (QED) is 0.206. The summed E-state index contributed by atoms with van der Waals surface area (Å²) in [5.41, 5.74) is 3.56. The number of ether oxygens (including phenoxy) is 2. The molecule has 1 aromatic carbocycles. The van der Waals surface area contributed by atoms with Gasteiger partial charge in [-0.05, 0) is 19.8 Å². The number of guanidine groups is 1. The summed E-state index contributed by atoms with van der Waals surface area (Å²) in [6.07, 6.45) is 2.95. The van der Waals surface area contributed by atoms with Crippen molar-refractivity contribution < 1.29 is 9.47 Å². The second kappa shape index (κ2) is 14.0. The lowest BCUT2D eigenvalue weighted by Crippen LogP contribution is -2.39. The predicted molar refractivity (Wildman–Crippen MR) is 135 cm³/mol. The molecule has 0 spiro atoms. The Morgan fingerprint density at radius 3 is 2.80 bits per heavy atom. The van der Waals surface area contributed by atoms with Gasteiger partial charge in [0.05, 0.1) is 18.9 Å². The van der Waals surface area contributed by atoms with E-state index in [4.69, 9.17) is 14.5 Å². The fourth-order valence-corrected chi connectivity index (χ4v) is 3.99. The number of aliphatic imine (C=N–C) groups is 1. The first-order valence-electron chi connectivity index (χ1n) is 10.4. The molecule has 1 saturated heterocycles. The number of nitrogens with zero attached hydrogens (tertiary/aromatic N) is 2. The molecular weight excluding hydrogens is 511 g/mol. The molecule has 0 bridgehead atoms. The summed E-state index contributed by atoms with van der Waals surface area (Å²) in [4.78, 5) is 9.03. The molecule has 2 N–H and O–H groups in total. The molecule has 2 aromatic rings. The van der Waals surface area contributed by atoms with Crippen molar-refractivity contribution in [1.29, 1.82) is 0 Å². The lowest BCUT2D eigenvalue weighted by molar-refractivity contribution is 0.0888. The summed E-state index contributed by atoms with van der Waals surface area (Å²) >= 11 is 1.70. The third-order valence-electron chi connectivity index (χ3n) is 4.88. The van der Waals surface area contributed by atoms with E-state index in [1.165, 1.54) is 11.1 Å². The molecule has 30 heavy (non-hydrogen) atoms. The number of benzene rings is 1. The standard InChI is InChI=1S/C22H32N4O2S.HI/c1-17-4-6-19(7-5-17)21-26-20(16-29-21)8-11-25-22(23-2)24-10-3-12-27-14-18-9-13-28-15-18;/h4-7,16,18H,3,8-15H2,1-2H3,(H2,23,24,25);1H. The monoisotopic (exact) mass is 544 g/mol. The molecule has 1 atom stereocenters. The van der Waals surface area contributed by atoms with Gasteiger partial charge in [0.25, 0.3) is 0 Å². The number of thiazole rings is 1. The highest BCUT2D eigenvalue weighted by Crippen LogP contribution is 2.24. The molecular formula is C22H33IN4O2S. The van der Waals surface area contributed by atoms with Gasteiger partial charge in [0.15, 0.2) is 5.96 Å². The Kier molecular flexibility index (Phi) is 11.6. The molecule has 1 aromatic heterocycles. The van der Waals surface area contributed by atoms with Crippen molar-refractivity contribution in [2.45, 2.75) is 26.2 Å². The van der Waals surface area contributed by atoms with E-state index in [9.17, 15) is 0 Å². The second-order valence-electron chi connectivity index (χ2n) is 7.34. The SMILES string of the molecule is CN=C(NCCCOCC1CCOC1)NCCc1csc(-c2ccc(C)cc2)n1.I. The van der Waals surface area contributed by atoms with E-state index in [1.54, 1.807) is 18.4 Å². The molecule has 1 fully saturated rings. The van der Waals surface area contributed by atoms with Crippen LogP contribution in [0.5, 0.6) is 0 Å². The number of hydrogen-bond donors (Lipinski definition) is 2. The number of nitrogens with one attached hydrogen (secondary N) is 2. The van der Waals surface area contributed by atoms with E-state index in [0.717, 1.165) is 75.4 Å². The van der Waals surface area contributed by atoms with Gasteiger partial charge < -0.3 is 20.1 Å². The topological polar surface area (TPSA) is 67.8 Å². The third kappa shape index (κ3) is 8.49. The van der Waals surface area contributed by atoms with Crippen LogP contribution in [0, 0.1) is 12.8 Å². The summed E-state index contributed by atoms with van der Waals surface area (Å²) in [6, 6.07) is 8.52.